The van der Waals surface area contributed by atoms with E-state index in [-0.39, 0.29) is 28.9 Å². The Morgan fingerprint density at radius 1 is 1.03 bits per heavy atom. The van der Waals surface area contributed by atoms with Crippen LogP contribution < -0.4 is 10.6 Å². The van der Waals surface area contributed by atoms with E-state index >= 15 is 0 Å². The zero-order valence-corrected chi connectivity index (χ0v) is 18.7. The number of carbonyl (C=O) groups is 2. The third-order valence-electron chi connectivity index (χ3n) is 7.53. The summed E-state index contributed by atoms with van der Waals surface area (Å²) in [6, 6.07) is 7.99. The molecular formula is C24H34N2O2S. The molecule has 158 valence electrons. The molecule has 4 nitrogen and oxygen atoms in total. The highest BCUT2D eigenvalue weighted by Gasteiger charge is 2.53. The maximum absolute atomic E-state index is 12.8. The Morgan fingerprint density at radius 2 is 1.59 bits per heavy atom. The summed E-state index contributed by atoms with van der Waals surface area (Å²) in [5.74, 6) is 2.96. The van der Waals surface area contributed by atoms with Gasteiger partial charge in [0.1, 0.15) is 0 Å². The van der Waals surface area contributed by atoms with Gasteiger partial charge in [-0.3, -0.25) is 9.59 Å². The van der Waals surface area contributed by atoms with E-state index in [1.807, 2.05) is 38.1 Å². The molecule has 0 saturated heterocycles. The van der Waals surface area contributed by atoms with E-state index in [2.05, 4.69) is 17.6 Å². The Morgan fingerprint density at radius 3 is 2.14 bits per heavy atom. The molecule has 0 aromatic heterocycles. The van der Waals surface area contributed by atoms with Gasteiger partial charge in [-0.05, 0) is 94.6 Å². The second-order valence-electron chi connectivity index (χ2n) is 9.88. The van der Waals surface area contributed by atoms with Gasteiger partial charge in [-0.1, -0.05) is 17.7 Å². The van der Waals surface area contributed by atoms with Crippen LogP contribution in [-0.4, -0.2) is 28.9 Å². The molecule has 2 N–H and O–H groups in total. The van der Waals surface area contributed by atoms with Gasteiger partial charge in [0, 0.05) is 11.7 Å². The second kappa shape index (κ2) is 8.33. The van der Waals surface area contributed by atoms with Crippen molar-refractivity contribution in [2.24, 2.45) is 23.2 Å². The Bertz CT molecular complexity index is 725. The lowest BCUT2D eigenvalue weighted by atomic mass is 9.48. The van der Waals surface area contributed by atoms with Gasteiger partial charge in [-0.25, -0.2) is 0 Å². The third kappa shape index (κ3) is 4.65. The maximum Gasteiger partial charge on any atom is 0.234 e. The van der Waals surface area contributed by atoms with Crippen molar-refractivity contribution >= 4 is 29.3 Å². The smallest absolute Gasteiger partial charge is 0.234 e. The number of carbonyl (C=O) groups excluding carboxylic acids is 2. The molecular weight excluding hydrogens is 380 g/mol. The zero-order valence-electron chi connectivity index (χ0n) is 17.9. The molecule has 1 aromatic rings. The largest absolute Gasteiger partial charge is 0.352 e. The van der Waals surface area contributed by atoms with E-state index < -0.39 is 0 Å². The minimum atomic E-state index is -0.227. The number of anilines is 1. The van der Waals surface area contributed by atoms with Crippen molar-refractivity contribution in [1.82, 2.24) is 5.32 Å². The maximum atomic E-state index is 12.8. The van der Waals surface area contributed by atoms with Crippen molar-refractivity contribution in [3.8, 4) is 0 Å². The van der Waals surface area contributed by atoms with Crippen molar-refractivity contribution in [3.05, 3.63) is 29.8 Å². The summed E-state index contributed by atoms with van der Waals surface area (Å²) >= 11 is 1.41. The minimum Gasteiger partial charge on any atom is -0.352 e. The number of aryl methyl sites for hydroxylation is 1. The normalized spacial score (nSPS) is 31.9. The predicted octanol–water partition coefficient (Wildman–Crippen LogP) is 4.78. The molecule has 0 heterocycles. The molecule has 2 atom stereocenters. The first-order valence-electron chi connectivity index (χ1n) is 11.1. The van der Waals surface area contributed by atoms with E-state index in [0.29, 0.717) is 5.41 Å². The third-order valence-corrected chi connectivity index (χ3v) is 8.67. The molecule has 4 bridgehead atoms. The Balaban J connectivity index is 1.25. The molecule has 4 saturated carbocycles. The average molecular weight is 415 g/mol. The fourth-order valence-electron chi connectivity index (χ4n) is 6.30. The molecule has 5 heteroatoms. The lowest BCUT2D eigenvalue weighted by Gasteiger charge is -2.59. The fraction of sp³-hybridized carbons (Fsp3) is 0.667. The summed E-state index contributed by atoms with van der Waals surface area (Å²) in [7, 11) is 0. The summed E-state index contributed by atoms with van der Waals surface area (Å²) in [6.45, 7) is 6.14. The number of hydrogen-bond donors (Lipinski definition) is 2. The quantitative estimate of drug-likeness (QED) is 0.675. The standard InChI is InChI=1S/C24H34N2O2S/c1-15-4-6-21(7-5-15)26-22(27)14-29-16(2)23(28)25-17(3)24-11-18-8-19(12-24)10-20(9-18)13-24/h4-7,16-20H,8-14H2,1-3H3,(H,25,28)(H,26,27)/t16-,17-,18?,19?,20?,24?/m1/s1. The van der Waals surface area contributed by atoms with Crippen LogP contribution >= 0.6 is 11.8 Å². The van der Waals surface area contributed by atoms with Gasteiger partial charge >= 0.3 is 0 Å². The first-order valence-corrected chi connectivity index (χ1v) is 12.2. The van der Waals surface area contributed by atoms with Gasteiger partial charge < -0.3 is 10.6 Å². The molecule has 2 amide bonds. The highest BCUT2D eigenvalue weighted by Crippen LogP contribution is 2.61. The van der Waals surface area contributed by atoms with Gasteiger partial charge in [0.05, 0.1) is 11.0 Å². The number of hydrogen-bond acceptors (Lipinski definition) is 3. The van der Waals surface area contributed by atoms with Crippen LogP contribution in [0.25, 0.3) is 0 Å². The van der Waals surface area contributed by atoms with Crippen molar-refractivity contribution in [2.75, 3.05) is 11.1 Å². The summed E-state index contributed by atoms with van der Waals surface area (Å²) in [5, 5.41) is 6.00. The van der Waals surface area contributed by atoms with Crippen LogP contribution in [0.1, 0.15) is 57.9 Å². The molecule has 4 aliphatic rings. The molecule has 5 rings (SSSR count). The van der Waals surface area contributed by atoms with Crippen LogP contribution in [0, 0.1) is 30.1 Å². The van der Waals surface area contributed by atoms with Crippen LogP contribution in [0.4, 0.5) is 5.69 Å². The number of amides is 2. The van der Waals surface area contributed by atoms with Crippen molar-refractivity contribution < 1.29 is 9.59 Å². The van der Waals surface area contributed by atoms with Crippen LogP contribution in [0.2, 0.25) is 0 Å². The van der Waals surface area contributed by atoms with Gasteiger partial charge in [0.2, 0.25) is 11.8 Å². The van der Waals surface area contributed by atoms with E-state index in [1.165, 1.54) is 50.3 Å². The molecule has 0 unspecified atom stereocenters. The number of benzene rings is 1. The van der Waals surface area contributed by atoms with Crippen molar-refractivity contribution in [2.45, 2.75) is 70.6 Å². The Hall–Kier alpha value is -1.49. The number of thioether (sulfide) groups is 1. The molecule has 0 spiro atoms. The van der Waals surface area contributed by atoms with E-state index in [1.54, 1.807) is 0 Å². The van der Waals surface area contributed by atoms with Crippen molar-refractivity contribution in [1.29, 1.82) is 0 Å². The molecule has 4 aliphatic carbocycles. The molecule has 4 fully saturated rings. The molecule has 29 heavy (non-hydrogen) atoms. The van der Waals surface area contributed by atoms with E-state index in [0.717, 1.165) is 29.0 Å². The summed E-state index contributed by atoms with van der Waals surface area (Å²) < 4.78 is 0. The van der Waals surface area contributed by atoms with E-state index in [4.69, 9.17) is 0 Å². The van der Waals surface area contributed by atoms with Gasteiger partial charge in [-0.2, -0.15) is 0 Å². The summed E-state index contributed by atoms with van der Waals surface area (Å²) in [5.41, 5.74) is 2.28. The SMILES string of the molecule is Cc1ccc(NC(=O)CS[C@H](C)C(=O)N[C@H](C)C23CC4CC(CC(C4)C2)C3)cc1. The van der Waals surface area contributed by atoms with Gasteiger partial charge in [-0.15, -0.1) is 11.8 Å². The van der Waals surface area contributed by atoms with Crippen LogP contribution in [0.15, 0.2) is 24.3 Å². The second-order valence-corrected chi connectivity index (χ2v) is 11.2. The number of rotatable bonds is 7. The topological polar surface area (TPSA) is 58.2 Å². The van der Waals surface area contributed by atoms with Crippen LogP contribution in [0.5, 0.6) is 0 Å². The number of nitrogens with one attached hydrogen (secondary N) is 2. The van der Waals surface area contributed by atoms with Crippen LogP contribution in [0.3, 0.4) is 0 Å². The Kier molecular flexibility index (Phi) is 5.97. The molecule has 1 aromatic carbocycles. The predicted molar refractivity (Wildman–Crippen MR) is 120 cm³/mol. The van der Waals surface area contributed by atoms with Crippen LogP contribution in [-0.2, 0) is 9.59 Å². The fourth-order valence-corrected chi connectivity index (χ4v) is 7.00. The minimum absolute atomic E-state index is 0.0624. The zero-order chi connectivity index (χ0) is 20.6. The van der Waals surface area contributed by atoms with E-state index in [9.17, 15) is 9.59 Å². The molecule has 0 radical (unpaired) electrons. The average Bonchev–Trinajstić information content (AvgIpc) is 2.66. The summed E-state index contributed by atoms with van der Waals surface area (Å²) in [6.07, 6.45) is 8.13. The van der Waals surface area contributed by atoms with Gasteiger partial charge in [0.15, 0.2) is 0 Å². The first kappa shape index (κ1) is 20.8. The summed E-state index contributed by atoms with van der Waals surface area (Å²) in [4.78, 5) is 25.0. The first-order chi connectivity index (χ1) is 13.8. The highest BCUT2D eigenvalue weighted by molar-refractivity contribution is 8.01. The lowest BCUT2D eigenvalue weighted by Crippen LogP contribution is -2.56. The van der Waals surface area contributed by atoms with Crippen molar-refractivity contribution in [3.63, 3.8) is 0 Å². The highest BCUT2D eigenvalue weighted by atomic mass is 32.2. The molecule has 0 aliphatic heterocycles. The lowest BCUT2D eigenvalue weighted by molar-refractivity contribution is -0.125. The monoisotopic (exact) mass is 414 g/mol. The van der Waals surface area contributed by atoms with Gasteiger partial charge in [0.25, 0.3) is 0 Å². The Labute approximate surface area is 179 Å².